The number of carbonyl (C=O) groups is 2. The van der Waals surface area contributed by atoms with Gasteiger partial charge in [-0.3, -0.25) is 9.59 Å². The molecule has 1 aliphatic carbocycles. The van der Waals surface area contributed by atoms with E-state index in [1.807, 2.05) is 6.92 Å². The molecule has 2 aromatic rings. The third kappa shape index (κ3) is 2.52. The van der Waals surface area contributed by atoms with Gasteiger partial charge in [0.2, 0.25) is 0 Å². The number of Topliss-reactive ketones (excluding diaryl/α,β-unsaturated/α-hetero) is 1. The fourth-order valence-electron chi connectivity index (χ4n) is 4.07. The molecular formula is C19H18FN3O2. The first-order valence-electron chi connectivity index (χ1n) is 8.49. The van der Waals surface area contributed by atoms with Crippen molar-refractivity contribution >= 4 is 11.7 Å². The molecule has 0 radical (unpaired) electrons. The monoisotopic (exact) mass is 339 g/mol. The van der Waals surface area contributed by atoms with E-state index in [0.29, 0.717) is 12.8 Å². The van der Waals surface area contributed by atoms with Gasteiger partial charge in [-0.05, 0) is 43.9 Å². The van der Waals surface area contributed by atoms with Gasteiger partial charge in [-0.15, -0.1) is 0 Å². The average molecular weight is 339 g/mol. The molecule has 128 valence electrons. The Bertz CT molecular complexity index is 840. The fraction of sp³-hybridized carbons (Fsp3) is 0.368. The maximum absolute atomic E-state index is 14.5. The van der Waals surface area contributed by atoms with E-state index in [-0.39, 0.29) is 40.6 Å². The molecule has 1 aromatic carbocycles. The predicted molar refractivity (Wildman–Crippen MR) is 89.2 cm³/mol. The molecule has 3 fully saturated rings. The van der Waals surface area contributed by atoms with Crippen LogP contribution in [0, 0.1) is 11.7 Å². The van der Waals surface area contributed by atoms with Crippen LogP contribution in [0.4, 0.5) is 4.39 Å². The molecule has 2 aliphatic heterocycles. The van der Waals surface area contributed by atoms with Crippen molar-refractivity contribution in [1.29, 1.82) is 0 Å². The number of carbonyl (C=O) groups excluding carboxylic acids is 2. The maximum Gasteiger partial charge on any atom is 0.255 e. The molecule has 0 spiro atoms. The molecule has 25 heavy (non-hydrogen) atoms. The highest BCUT2D eigenvalue weighted by Crippen LogP contribution is 2.39. The highest BCUT2D eigenvalue weighted by Gasteiger charge is 2.47. The first-order valence-corrected chi connectivity index (χ1v) is 8.49. The number of amides is 1. The lowest BCUT2D eigenvalue weighted by molar-refractivity contribution is -0.134. The largest absolute Gasteiger partial charge is 0.326 e. The predicted octanol–water partition coefficient (Wildman–Crippen LogP) is 2.86. The van der Waals surface area contributed by atoms with Crippen LogP contribution in [-0.2, 0) is 4.79 Å². The average Bonchev–Trinajstić information content (AvgIpc) is 2.63. The maximum atomic E-state index is 14.5. The lowest BCUT2D eigenvalue weighted by Gasteiger charge is -2.49. The summed E-state index contributed by atoms with van der Waals surface area (Å²) in [5.41, 5.74) is 0.299. The number of aromatic nitrogens is 2. The second-order valence-electron chi connectivity index (χ2n) is 6.71. The van der Waals surface area contributed by atoms with Gasteiger partial charge in [-0.1, -0.05) is 6.07 Å². The minimum Gasteiger partial charge on any atom is -0.326 e. The molecule has 5 nitrogen and oxygen atoms in total. The van der Waals surface area contributed by atoms with Gasteiger partial charge in [0.05, 0.1) is 17.2 Å². The van der Waals surface area contributed by atoms with Crippen LogP contribution in [0.15, 0.2) is 36.7 Å². The van der Waals surface area contributed by atoms with Crippen molar-refractivity contribution in [2.45, 2.75) is 38.3 Å². The van der Waals surface area contributed by atoms with Crippen LogP contribution in [0.5, 0.6) is 0 Å². The van der Waals surface area contributed by atoms with Crippen LogP contribution in [0.1, 0.15) is 36.5 Å². The van der Waals surface area contributed by atoms with Crippen molar-refractivity contribution in [3.63, 3.8) is 0 Å². The van der Waals surface area contributed by atoms with E-state index in [1.165, 1.54) is 24.5 Å². The third-order valence-corrected chi connectivity index (χ3v) is 5.37. The standard InChI is InChI=1S/C19H18FN3O2/c1-11-12-6-7-15(16(24)10-12)23(11)19(25)13-4-2-5-14(20)17(13)18-21-8-3-9-22-18/h2-5,8-9,11-12,15H,6-7,10H2,1H3/t11-,12-,15+/m1/s1. The van der Waals surface area contributed by atoms with Gasteiger partial charge in [0.15, 0.2) is 11.6 Å². The minimum atomic E-state index is -0.543. The molecule has 2 bridgehead atoms. The number of halogens is 1. The number of ketones is 1. The van der Waals surface area contributed by atoms with Crippen molar-refractivity contribution in [1.82, 2.24) is 14.9 Å². The van der Waals surface area contributed by atoms with Crippen LogP contribution in [0.2, 0.25) is 0 Å². The van der Waals surface area contributed by atoms with Gasteiger partial charge < -0.3 is 4.90 Å². The van der Waals surface area contributed by atoms with Crippen molar-refractivity contribution in [2.24, 2.45) is 5.92 Å². The first kappa shape index (κ1) is 15.9. The highest BCUT2D eigenvalue weighted by molar-refractivity contribution is 6.03. The normalized spacial score (nSPS) is 25.3. The Hall–Kier alpha value is -2.63. The number of piperidine rings is 2. The Morgan fingerprint density at radius 1 is 1.20 bits per heavy atom. The summed E-state index contributed by atoms with van der Waals surface area (Å²) in [6, 6.07) is 5.58. The van der Waals surface area contributed by atoms with Crippen LogP contribution < -0.4 is 0 Å². The lowest BCUT2D eigenvalue weighted by atomic mass is 9.74. The van der Waals surface area contributed by atoms with Crippen LogP contribution in [0.25, 0.3) is 11.4 Å². The molecule has 0 N–H and O–H groups in total. The summed E-state index contributed by atoms with van der Waals surface area (Å²) in [5, 5.41) is 0. The summed E-state index contributed by atoms with van der Waals surface area (Å²) >= 11 is 0. The zero-order chi connectivity index (χ0) is 17.6. The Balaban J connectivity index is 1.79. The van der Waals surface area contributed by atoms with Crippen LogP contribution in [0.3, 0.4) is 0 Å². The summed E-state index contributed by atoms with van der Waals surface area (Å²) in [6.45, 7) is 1.97. The zero-order valence-corrected chi connectivity index (χ0v) is 13.9. The summed E-state index contributed by atoms with van der Waals surface area (Å²) in [5.74, 6) is -0.399. The molecule has 3 heterocycles. The first-order chi connectivity index (χ1) is 12.1. The number of fused-ring (bicyclic) bond motifs is 3. The second kappa shape index (κ2) is 6.02. The molecule has 3 aliphatic rings. The van der Waals surface area contributed by atoms with Gasteiger partial charge in [-0.2, -0.15) is 0 Å². The smallest absolute Gasteiger partial charge is 0.255 e. The Morgan fingerprint density at radius 3 is 2.68 bits per heavy atom. The topological polar surface area (TPSA) is 63.2 Å². The van der Waals surface area contributed by atoms with Gasteiger partial charge in [0.1, 0.15) is 5.82 Å². The van der Waals surface area contributed by atoms with Crippen molar-refractivity contribution in [2.75, 3.05) is 0 Å². The van der Waals surface area contributed by atoms with Crippen LogP contribution >= 0.6 is 0 Å². The number of hydrogen-bond donors (Lipinski definition) is 0. The zero-order valence-electron chi connectivity index (χ0n) is 13.9. The lowest BCUT2D eigenvalue weighted by Crippen LogP contribution is -2.60. The number of nitrogens with zero attached hydrogens (tertiary/aromatic N) is 3. The molecule has 3 atom stereocenters. The summed E-state index contributed by atoms with van der Waals surface area (Å²) in [4.78, 5) is 35.3. The summed E-state index contributed by atoms with van der Waals surface area (Å²) < 4.78 is 14.5. The third-order valence-electron chi connectivity index (χ3n) is 5.37. The molecule has 0 unspecified atom stereocenters. The Kier molecular flexibility index (Phi) is 3.82. The van der Waals surface area contributed by atoms with E-state index in [0.717, 1.165) is 6.42 Å². The quantitative estimate of drug-likeness (QED) is 0.844. The van der Waals surface area contributed by atoms with Crippen molar-refractivity contribution in [3.05, 3.63) is 48.0 Å². The van der Waals surface area contributed by atoms with Gasteiger partial charge >= 0.3 is 0 Å². The van der Waals surface area contributed by atoms with Crippen molar-refractivity contribution in [3.8, 4) is 11.4 Å². The number of rotatable bonds is 2. The molecular weight excluding hydrogens is 321 g/mol. The van der Waals surface area contributed by atoms with E-state index >= 15 is 0 Å². The molecule has 1 amide bonds. The van der Waals surface area contributed by atoms with E-state index in [1.54, 1.807) is 17.0 Å². The number of hydrogen-bond acceptors (Lipinski definition) is 4. The SMILES string of the molecule is C[C@@H]1[C@@H]2CC[C@@H](C(=O)C2)N1C(=O)c1cccc(F)c1-c1ncccn1. The molecule has 5 rings (SSSR count). The summed E-state index contributed by atoms with van der Waals surface area (Å²) in [6.07, 6.45) is 5.20. The summed E-state index contributed by atoms with van der Waals surface area (Å²) in [7, 11) is 0. The fourth-order valence-corrected chi connectivity index (χ4v) is 4.07. The van der Waals surface area contributed by atoms with Crippen LogP contribution in [-0.4, -0.2) is 38.6 Å². The Morgan fingerprint density at radius 2 is 1.96 bits per heavy atom. The Labute approximate surface area is 144 Å². The molecule has 2 saturated heterocycles. The van der Waals surface area contributed by atoms with Gasteiger partial charge in [0.25, 0.3) is 5.91 Å². The number of benzene rings is 1. The minimum absolute atomic E-state index is 0.0308. The molecule has 1 aromatic heterocycles. The van der Waals surface area contributed by atoms with E-state index < -0.39 is 11.9 Å². The van der Waals surface area contributed by atoms with Gasteiger partial charge in [0, 0.05) is 24.9 Å². The van der Waals surface area contributed by atoms with E-state index in [2.05, 4.69) is 9.97 Å². The second-order valence-corrected chi connectivity index (χ2v) is 6.71. The van der Waals surface area contributed by atoms with E-state index in [9.17, 15) is 14.0 Å². The highest BCUT2D eigenvalue weighted by atomic mass is 19.1. The molecule has 6 heteroatoms. The van der Waals surface area contributed by atoms with Gasteiger partial charge in [-0.25, -0.2) is 14.4 Å². The molecule has 1 saturated carbocycles. The van der Waals surface area contributed by atoms with E-state index in [4.69, 9.17) is 0 Å². The van der Waals surface area contributed by atoms with Crippen molar-refractivity contribution < 1.29 is 14.0 Å².